The van der Waals surface area contributed by atoms with E-state index in [1.807, 2.05) is 7.05 Å². The minimum atomic E-state index is 0. The second-order valence-electron chi connectivity index (χ2n) is 5.52. The topological polar surface area (TPSA) is 40.1 Å². The molecule has 1 heterocycles. The molecular formula is C15H33IN4O. The predicted molar refractivity (Wildman–Crippen MR) is 101 cm³/mol. The monoisotopic (exact) mass is 412 g/mol. The lowest BCUT2D eigenvalue weighted by atomic mass is 10.1. The minimum absolute atomic E-state index is 0. The lowest BCUT2D eigenvalue weighted by Crippen LogP contribution is -2.44. The summed E-state index contributed by atoms with van der Waals surface area (Å²) >= 11 is 0. The minimum Gasteiger partial charge on any atom is -0.381 e. The maximum Gasteiger partial charge on any atom is 0.193 e. The summed E-state index contributed by atoms with van der Waals surface area (Å²) in [5, 5.41) is 3.46. The van der Waals surface area contributed by atoms with Crippen LogP contribution in [0, 0.1) is 5.92 Å². The van der Waals surface area contributed by atoms with Gasteiger partial charge in [0, 0.05) is 46.3 Å². The van der Waals surface area contributed by atoms with Gasteiger partial charge in [-0.2, -0.15) is 0 Å². The van der Waals surface area contributed by atoms with Gasteiger partial charge in [-0.1, -0.05) is 13.8 Å². The van der Waals surface area contributed by atoms with Crippen LogP contribution in [0.5, 0.6) is 0 Å². The van der Waals surface area contributed by atoms with E-state index in [-0.39, 0.29) is 24.0 Å². The number of halogens is 1. The fraction of sp³-hybridized carbons (Fsp3) is 0.933. The molecule has 0 aliphatic carbocycles. The number of ether oxygens (including phenoxy) is 1. The van der Waals surface area contributed by atoms with Crippen LogP contribution in [-0.2, 0) is 4.74 Å². The van der Waals surface area contributed by atoms with Crippen molar-refractivity contribution < 1.29 is 4.74 Å². The molecule has 1 atom stereocenters. The first-order valence-electron chi connectivity index (χ1n) is 7.93. The number of guanidine groups is 1. The lowest BCUT2D eigenvalue weighted by Gasteiger charge is -2.26. The maximum atomic E-state index is 5.43. The van der Waals surface area contributed by atoms with E-state index in [1.54, 1.807) is 0 Å². The Morgan fingerprint density at radius 3 is 2.62 bits per heavy atom. The fourth-order valence-electron chi connectivity index (χ4n) is 2.66. The highest BCUT2D eigenvalue weighted by Gasteiger charge is 2.18. The van der Waals surface area contributed by atoms with Gasteiger partial charge in [0.1, 0.15) is 0 Å². The molecule has 0 bridgehead atoms. The van der Waals surface area contributed by atoms with E-state index in [9.17, 15) is 0 Å². The average molecular weight is 412 g/mol. The molecular weight excluding hydrogens is 379 g/mol. The summed E-state index contributed by atoms with van der Waals surface area (Å²) in [5.74, 6) is 1.63. The Morgan fingerprint density at radius 1 is 1.33 bits per heavy atom. The van der Waals surface area contributed by atoms with Crippen LogP contribution in [0.3, 0.4) is 0 Å². The van der Waals surface area contributed by atoms with Crippen molar-refractivity contribution in [3.05, 3.63) is 0 Å². The summed E-state index contributed by atoms with van der Waals surface area (Å²) in [6.07, 6.45) is 2.38. The summed E-state index contributed by atoms with van der Waals surface area (Å²) in [4.78, 5) is 9.05. The van der Waals surface area contributed by atoms with Crippen LogP contribution in [0.1, 0.15) is 26.7 Å². The Balaban J connectivity index is 0.00000400. The van der Waals surface area contributed by atoms with Crippen LogP contribution < -0.4 is 5.32 Å². The molecule has 1 rings (SSSR count). The highest BCUT2D eigenvalue weighted by Crippen LogP contribution is 2.13. The predicted octanol–water partition coefficient (Wildman–Crippen LogP) is 1.88. The summed E-state index contributed by atoms with van der Waals surface area (Å²) < 4.78 is 5.43. The molecule has 6 heteroatoms. The molecule has 1 aliphatic rings. The quantitative estimate of drug-likeness (QED) is 0.376. The van der Waals surface area contributed by atoms with Crippen molar-refractivity contribution in [2.24, 2.45) is 10.9 Å². The number of aliphatic imine (C=N–C) groups is 1. The van der Waals surface area contributed by atoms with Crippen molar-refractivity contribution in [1.29, 1.82) is 0 Å². The normalized spacial score (nSPS) is 18.7. The maximum absolute atomic E-state index is 5.43. The van der Waals surface area contributed by atoms with Gasteiger partial charge >= 0.3 is 0 Å². The molecule has 1 fully saturated rings. The third kappa shape index (κ3) is 8.21. The zero-order valence-corrected chi connectivity index (χ0v) is 16.4. The third-order valence-electron chi connectivity index (χ3n) is 3.83. The molecule has 126 valence electrons. The number of nitrogens with one attached hydrogen (secondary N) is 1. The molecule has 0 spiro atoms. The first kappa shape index (κ1) is 20.9. The highest BCUT2D eigenvalue weighted by molar-refractivity contribution is 14.0. The molecule has 1 N–H and O–H groups in total. The van der Waals surface area contributed by atoms with Crippen molar-refractivity contribution in [2.75, 3.05) is 60.0 Å². The van der Waals surface area contributed by atoms with E-state index in [4.69, 9.17) is 4.74 Å². The van der Waals surface area contributed by atoms with Crippen molar-refractivity contribution in [1.82, 2.24) is 15.1 Å². The Hall–Kier alpha value is -0.0800. The molecule has 0 aromatic rings. The summed E-state index contributed by atoms with van der Waals surface area (Å²) in [6, 6.07) is 0. The van der Waals surface area contributed by atoms with Gasteiger partial charge in [-0.3, -0.25) is 4.99 Å². The molecule has 0 amide bonds. The molecule has 1 aliphatic heterocycles. The summed E-state index contributed by atoms with van der Waals surface area (Å²) in [7, 11) is 3.96. The van der Waals surface area contributed by atoms with E-state index >= 15 is 0 Å². The van der Waals surface area contributed by atoms with Gasteiger partial charge in [0.25, 0.3) is 0 Å². The third-order valence-corrected chi connectivity index (χ3v) is 3.83. The Labute approximate surface area is 147 Å². The van der Waals surface area contributed by atoms with Crippen molar-refractivity contribution in [2.45, 2.75) is 26.7 Å². The number of likely N-dealkylation sites (N-methyl/N-ethyl adjacent to an activating group) is 1. The van der Waals surface area contributed by atoms with Gasteiger partial charge in [0.2, 0.25) is 0 Å². The van der Waals surface area contributed by atoms with Gasteiger partial charge in [-0.05, 0) is 25.9 Å². The van der Waals surface area contributed by atoms with Crippen LogP contribution in [0.15, 0.2) is 4.99 Å². The molecule has 0 aromatic heterocycles. The van der Waals surface area contributed by atoms with E-state index in [0.717, 1.165) is 45.4 Å². The van der Waals surface area contributed by atoms with Crippen LogP contribution >= 0.6 is 24.0 Å². The molecule has 21 heavy (non-hydrogen) atoms. The summed E-state index contributed by atoms with van der Waals surface area (Å²) in [6.45, 7) is 11.6. The molecule has 0 radical (unpaired) electrons. The number of hydrogen-bond acceptors (Lipinski definition) is 3. The van der Waals surface area contributed by atoms with E-state index in [2.05, 4.69) is 41.0 Å². The largest absolute Gasteiger partial charge is 0.381 e. The Morgan fingerprint density at radius 2 is 2.10 bits per heavy atom. The average Bonchev–Trinajstić information content (AvgIpc) is 2.95. The fourth-order valence-corrected chi connectivity index (χ4v) is 2.66. The van der Waals surface area contributed by atoms with Crippen LogP contribution in [0.25, 0.3) is 0 Å². The van der Waals surface area contributed by atoms with Gasteiger partial charge in [-0.25, -0.2) is 0 Å². The van der Waals surface area contributed by atoms with E-state index in [1.165, 1.54) is 19.4 Å². The van der Waals surface area contributed by atoms with Crippen LogP contribution in [-0.4, -0.2) is 75.8 Å². The first-order valence-corrected chi connectivity index (χ1v) is 7.93. The van der Waals surface area contributed by atoms with Crippen molar-refractivity contribution in [3.8, 4) is 0 Å². The number of nitrogens with zero attached hydrogens (tertiary/aromatic N) is 3. The molecule has 1 saturated heterocycles. The summed E-state index contributed by atoms with van der Waals surface area (Å²) in [5.41, 5.74) is 0. The van der Waals surface area contributed by atoms with E-state index < -0.39 is 0 Å². The highest BCUT2D eigenvalue weighted by atomic mass is 127. The van der Waals surface area contributed by atoms with Gasteiger partial charge in [0.05, 0.1) is 6.61 Å². The lowest BCUT2D eigenvalue weighted by molar-refractivity contribution is 0.181. The van der Waals surface area contributed by atoms with Crippen molar-refractivity contribution >= 4 is 29.9 Å². The molecule has 0 saturated carbocycles. The smallest absolute Gasteiger partial charge is 0.193 e. The SMILES string of the molecule is CCCN(CC)CCNC(=NC)N(C)CC1CCOC1.I. The van der Waals surface area contributed by atoms with Gasteiger partial charge in [-0.15, -0.1) is 24.0 Å². The number of hydrogen-bond donors (Lipinski definition) is 1. The zero-order valence-electron chi connectivity index (χ0n) is 14.1. The zero-order chi connectivity index (χ0) is 14.8. The molecule has 0 aromatic carbocycles. The van der Waals surface area contributed by atoms with Crippen molar-refractivity contribution in [3.63, 3.8) is 0 Å². The van der Waals surface area contributed by atoms with Gasteiger partial charge in [0.15, 0.2) is 5.96 Å². The molecule has 1 unspecified atom stereocenters. The second kappa shape index (κ2) is 12.5. The van der Waals surface area contributed by atoms with Crippen LogP contribution in [0.2, 0.25) is 0 Å². The standard InChI is InChI=1S/C15H32N4O.HI/c1-5-9-19(6-2)10-8-17-15(16-3)18(4)12-14-7-11-20-13-14;/h14H,5-13H2,1-4H3,(H,16,17);1H. The first-order chi connectivity index (χ1) is 9.71. The molecule has 5 nitrogen and oxygen atoms in total. The van der Waals surface area contributed by atoms with Gasteiger partial charge < -0.3 is 19.9 Å². The second-order valence-corrected chi connectivity index (χ2v) is 5.52. The Bertz CT molecular complexity index is 283. The van der Waals surface area contributed by atoms with E-state index in [0.29, 0.717) is 5.92 Å². The van der Waals surface area contributed by atoms with Crippen LogP contribution in [0.4, 0.5) is 0 Å². The number of rotatable bonds is 8. The Kier molecular flexibility index (Phi) is 12.4.